The lowest BCUT2D eigenvalue weighted by molar-refractivity contribution is -0.124. The van der Waals surface area contributed by atoms with Crippen LogP contribution in [0.25, 0.3) is 0 Å². The maximum absolute atomic E-state index is 12.0. The Morgan fingerprint density at radius 2 is 2.00 bits per heavy atom. The predicted octanol–water partition coefficient (Wildman–Crippen LogP) is 1.68. The van der Waals surface area contributed by atoms with E-state index in [0.29, 0.717) is 12.0 Å². The van der Waals surface area contributed by atoms with Gasteiger partial charge >= 0.3 is 0 Å². The predicted molar refractivity (Wildman–Crippen MR) is 65.1 cm³/mol. The molecule has 2 aliphatic rings. The smallest absolute Gasteiger partial charge is 0.237 e. The monoisotopic (exact) mass is 224 g/mol. The summed E-state index contributed by atoms with van der Waals surface area (Å²) in [5.41, 5.74) is 0. The second kappa shape index (κ2) is 5.17. The fourth-order valence-corrected chi connectivity index (χ4v) is 2.93. The number of hydrogen-bond acceptors (Lipinski definition) is 2. The molecular weight excluding hydrogens is 200 g/mol. The Labute approximate surface area is 98.4 Å². The molecule has 1 saturated carbocycles. The average Bonchev–Trinajstić information content (AvgIpc) is 2.62. The molecule has 16 heavy (non-hydrogen) atoms. The molecule has 1 heterocycles. The van der Waals surface area contributed by atoms with E-state index < -0.39 is 0 Å². The van der Waals surface area contributed by atoms with E-state index in [0.717, 1.165) is 25.3 Å². The molecule has 3 nitrogen and oxygen atoms in total. The number of carbonyl (C=O) groups is 1. The van der Waals surface area contributed by atoms with E-state index in [1.165, 1.54) is 19.3 Å². The molecule has 4 atom stereocenters. The summed E-state index contributed by atoms with van der Waals surface area (Å²) >= 11 is 0. The van der Waals surface area contributed by atoms with Crippen LogP contribution in [0.1, 0.15) is 46.0 Å². The molecule has 2 N–H and O–H groups in total. The molecule has 1 aliphatic heterocycles. The summed E-state index contributed by atoms with van der Waals surface area (Å²) in [4.78, 5) is 12.0. The van der Waals surface area contributed by atoms with Crippen molar-refractivity contribution < 1.29 is 4.79 Å². The summed E-state index contributed by atoms with van der Waals surface area (Å²) in [7, 11) is 0. The fraction of sp³-hybridized carbons (Fsp3) is 0.923. The summed E-state index contributed by atoms with van der Waals surface area (Å²) < 4.78 is 0. The zero-order valence-corrected chi connectivity index (χ0v) is 10.5. The third-order valence-electron chi connectivity index (χ3n) is 4.42. The van der Waals surface area contributed by atoms with Crippen molar-refractivity contribution in [2.45, 2.75) is 58.0 Å². The van der Waals surface area contributed by atoms with Crippen LogP contribution in [0.3, 0.4) is 0 Å². The first kappa shape index (κ1) is 11.9. The molecule has 1 saturated heterocycles. The van der Waals surface area contributed by atoms with Crippen molar-refractivity contribution in [3.8, 4) is 0 Å². The van der Waals surface area contributed by atoms with Crippen LogP contribution in [0.5, 0.6) is 0 Å². The minimum atomic E-state index is 0.0665. The fourth-order valence-electron chi connectivity index (χ4n) is 2.93. The second-order valence-corrected chi connectivity index (χ2v) is 5.53. The van der Waals surface area contributed by atoms with Crippen molar-refractivity contribution in [2.75, 3.05) is 6.54 Å². The highest BCUT2D eigenvalue weighted by atomic mass is 16.2. The Balaban J connectivity index is 1.82. The van der Waals surface area contributed by atoms with Gasteiger partial charge in [0.25, 0.3) is 0 Å². The highest BCUT2D eigenvalue weighted by Gasteiger charge is 2.32. The van der Waals surface area contributed by atoms with Gasteiger partial charge in [-0.25, -0.2) is 0 Å². The van der Waals surface area contributed by atoms with Crippen LogP contribution in [-0.2, 0) is 4.79 Å². The van der Waals surface area contributed by atoms with E-state index in [1.807, 2.05) is 0 Å². The first-order valence-electron chi connectivity index (χ1n) is 6.72. The van der Waals surface area contributed by atoms with Gasteiger partial charge in [-0.2, -0.15) is 0 Å². The molecule has 0 bridgehead atoms. The SMILES string of the molecule is CC1CCC(NC(=O)[C@H]2CCCCN2)C1C. The molecule has 0 spiro atoms. The number of rotatable bonds is 2. The minimum Gasteiger partial charge on any atom is -0.352 e. The first-order valence-corrected chi connectivity index (χ1v) is 6.72. The lowest BCUT2D eigenvalue weighted by Crippen LogP contribution is -2.50. The summed E-state index contributed by atoms with van der Waals surface area (Å²) in [6, 6.07) is 0.475. The molecule has 1 aliphatic carbocycles. The first-order chi connectivity index (χ1) is 7.68. The van der Waals surface area contributed by atoms with Crippen LogP contribution in [0.4, 0.5) is 0 Å². The van der Waals surface area contributed by atoms with Gasteiger partial charge in [0.15, 0.2) is 0 Å². The topological polar surface area (TPSA) is 41.1 Å². The van der Waals surface area contributed by atoms with Gasteiger partial charge in [0.1, 0.15) is 0 Å². The van der Waals surface area contributed by atoms with Crippen LogP contribution in [0.2, 0.25) is 0 Å². The van der Waals surface area contributed by atoms with Gasteiger partial charge in [-0.1, -0.05) is 20.3 Å². The Morgan fingerprint density at radius 1 is 1.19 bits per heavy atom. The van der Waals surface area contributed by atoms with Crippen molar-refractivity contribution >= 4 is 5.91 Å². The third kappa shape index (κ3) is 2.57. The van der Waals surface area contributed by atoms with Crippen molar-refractivity contribution in [2.24, 2.45) is 11.8 Å². The number of nitrogens with one attached hydrogen (secondary N) is 2. The van der Waals surface area contributed by atoms with Gasteiger partial charge in [-0.05, 0) is 44.1 Å². The highest BCUT2D eigenvalue weighted by Crippen LogP contribution is 2.31. The Kier molecular flexibility index (Phi) is 3.85. The Bertz CT molecular complexity index is 248. The second-order valence-electron chi connectivity index (χ2n) is 5.53. The van der Waals surface area contributed by atoms with Crippen LogP contribution < -0.4 is 10.6 Å². The molecular formula is C13H24N2O. The van der Waals surface area contributed by atoms with E-state index in [-0.39, 0.29) is 11.9 Å². The van der Waals surface area contributed by atoms with Gasteiger partial charge < -0.3 is 10.6 Å². The standard InChI is InChI=1S/C13H24N2O/c1-9-6-7-11(10(9)2)15-13(16)12-5-3-4-8-14-12/h9-12,14H,3-8H2,1-2H3,(H,15,16)/t9?,10?,11?,12-/m1/s1. The summed E-state index contributed by atoms with van der Waals surface area (Å²) in [6.07, 6.45) is 5.80. The van der Waals surface area contributed by atoms with Gasteiger partial charge in [0.05, 0.1) is 6.04 Å². The maximum Gasteiger partial charge on any atom is 0.237 e. The number of amides is 1. The molecule has 2 rings (SSSR count). The minimum absolute atomic E-state index is 0.0665. The highest BCUT2D eigenvalue weighted by molar-refractivity contribution is 5.82. The van der Waals surface area contributed by atoms with E-state index in [9.17, 15) is 4.79 Å². The maximum atomic E-state index is 12.0. The number of piperidine rings is 1. The molecule has 1 amide bonds. The van der Waals surface area contributed by atoms with Crippen molar-refractivity contribution in [1.29, 1.82) is 0 Å². The lowest BCUT2D eigenvalue weighted by atomic mass is 9.97. The molecule has 3 heteroatoms. The summed E-state index contributed by atoms with van der Waals surface area (Å²) in [5.74, 6) is 1.61. The summed E-state index contributed by atoms with van der Waals surface area (Å²) in [6.45, 7) is 5.54. The van der Waals surface area contributed by atoms with Crippen molar-refractivity contribution in [3.63, 3.8) is 0 Å². The third-order valence-corrected chi connectivity index (χ3v) is 4.42. The van der Waals surface area contributed by atoms with E-state index in [2.05, 4.69) is 24.5 Å². The molecule has 92 valence electrons. The quantitative estimate of drug-likeness (QED) is 0.749. The van der Waals surface area contributed by atoms with Crippen LogP contribution >= 0.6 is 0 Å². The van der Waals surface area contributed by atoms with E-state index in [4.69, 9.17) is 0 Å². The lowest BCUT2D eigenvalue weighted by Gasteiger charge is -2.26. The molecule has 0 aromatic rings. The van der Waals surface area contributed by atoms with Crippen LogP contribution in [-0.4, -0.2) is 24.5 Å². The molecule has 3 unspecified atom stereocenters. The van der Waals surface area contributed by atoms with Crippen molar-refractivity contribution in [3.05, 3.63) is 0 Å². The van der Waals surface area contributed by atoms with Crippen molar-refractivity contribution in [1.82, 2.24) is 10.6 Å². The summed E-state index contributed by atoms with van der Waals surface area (Å²) in [5, 5.41) is 6.53. The van der Waals surface area contributed by atoms with Crippen LogP contribution in [0.15, 0.2) is 0 Å². The average molecular weight is 224 g/mol. The zero-order chi connectivity index (χ0) is 11.5. The Morgan fingerprint density at radius 3 is 2.56 bits per heavy atom. The molecule has 0 radical (unpaired) electrons. The Hall–Kier alpha value is -0.570. The number of carbonyl (C=O) groups excluding carboxylic acids is 1. The van der Waals surface area contributed by atoms with E-state index >= 15 is 0 Å². The zero-order valence-electron chi connectivity index (χ0n) is 10.5. The number of hydrogen-bond donors (Lipinski definition) is 2. The van der Waals surface area contributed by atoms with Gasteiger partial charge in [-0.15, -0.1) is 0 Å². The van der Waals surface area contributed by atoms with Gasteiger partial charge in [0, 0.05) is 6.04 Å². The molecule has 0 aromatic carbocycles. The normalized spacial score (nSPS) is 39.6. The largest absolute Gasteiger partial charge is 0.352 e. The molecule has 0 aromatic heterocycles. The van der Waals surface area contributed by atoms with Gasteiger partial charge in [0.2, 0.25) is 5.91 Å². The van der Waals surface area contributed by atoms with E-state index in [1.54, 1.807) is 0 Å². The van der Waals surface area contributed by atoms with Crippen LogP contribution in [0, 0.1) is 11.8 Å². The van der Waals surface area contributed by atoms with Gasteiger partial charge in [-0.3, -0.25) is 4.79 Å². The molecule has 2 fully saturated rings.